The SMILES string of the molecule is Cn1cnnc1CNC(=O)NC1(CC(=O)O)CCCCC1. The number of carbonyl (C=O) groups is 2. The summed E-state index contributed by atoms with van der Waals surface area (Å²) in [6, 6.07) is -0.360. The van der Waals surface area contributed by atoms with Crippen LogP contribution in [0.15, 0.2) is 6.33 Å². The molecule has 1 aliphatic carbocycles. The summed E-state index contributed by atoms with van der Waals surface area (Å²) in [5.74, 6) is -0.244. The Labute approximate surface area is 122 Å². The molecule has 0 bridgehead atoms. The van der Waals surface area contributed by atoms with Gasteiger partial charge in [-0.15, -0.1) is 10.2 Å². The van der Waals surface area contributed by atoms with Gasteiger partial charge in [-0.25, -0.2) is 4.79 Å². The van der Waals surface area contributed by atoms with Gasteiger partial charge in [-0.3, -0.25) is 4.79 Å². The summed E-state index contributed by atoms with van der Waals surface area (Å²) in [5, 5.41) is 22.2. The average Bonchev–Trinajstić information content (AvgIpc) is 2.82. The third kappa shape index (κ3) is 4.17. The number of carbonyl (C=O) groups excluding carboxylic acids is 1. The Balaban J connectivity index is 1.91. The zero-order chi connectivity index (χ0) is 15.3. The topological polar surface area (TPSA) is 109 Å². The van der Waals surface area contributed by atoms with Crippen LogP contribution in [-0.4, -0.2) is 37.4 Å². The number of carboxylic acids is 1. The van der Waals surface area contributed by atoms with Crippen LogP contribution in [0.3, 0.4) is 0 Å². The maximum absolute atomic E-state index is 12.0. The van der Waals surface area contributed by atoms with Crippen molar-refractivity contribution >= 4 is 12.0 Å². The third-order valence-electron chi connectivity index (χ3n) is 3.89. The van der Waals surface area contributed by atoms with Gasteiger partial charge < -0.3 is 20.3 Å². The highest BCUT2D eigenvalue weighted by Gasteiger charge is 2.35. The highest BCUT2D eigenvalue weighted by Crippen LogP contribution is 2.31. The van der Waals surface area contributed by atoms with Gasteiger partial charge >= 0.3 is 12.0 Å². The second-order valence-corrected chi connectivity index (χ2v) is 5.58. The van der Waals surface area contributed by atoms with Crippen molar-refractivity contribution in [3.63, 3.8) is 0 Å². The van der Waals surface area contributed by atoms with Crippen LogP contribution >= 0.6 is 0 Å². The van der Waals surface area contributed by atoms with Crippen molar-refractivity contribution in [3.8, 4) is 0 Å². The van der Waals surface area contributed by atoms with Gasteiger partial charge in [0.05, 0.1) is 18.5 Å². The summed E-state index contributed by atoms with van der Waals surface area (Å²) in [6.07, 6.45) is 5.90. The highest BCUT2D eigenvalue weighted by molar-refractivity contribution is 5.76. The number of urea groups is 1. The van der Waals surface area contributed by atoms with Crippen molar-refractivity contribution in [3.05, 3.63) is 12.2 Å². The Morgan fingerprint density at radius 2 is 2.10 bits per heavy atom. The van der Waals surface area contributed by atoms with Crippen LogP contribution in [0.2, 0.25) is 0 Å². The molecule has 1 aliphatic rings. The van der Waals surface area contributed by atoms with Crippen LogP contribution < -0.4 is 10.6 Å². The molecule has 21 heavy (non-hydrogen) atoms. The number of carboxylic acid groups (broad SMARTS) is 1. The molecule has 0 atom stereocenters. The van der Waals surface area contributed by atoms with Gasteiger partial charge in [0.1, 0.15) is 6.33 Å². The Bertz CT molecular complexity index is 508. The van der Waals surface area contributed by atoms with Crippen LogP contribution in [0, 0.1) is 0 Å². The summed E-state index contributed by atoms with van der Waals surface area (Å²) in [6.45, 7) is 0.255. The van der Waals surface area contributed by atoms with Crippen molar-refractivity contribution < 1.29 is 14.7 Å². The maximum atomic E-state index is 12.0. The van der Waals surface area contributed by atoms with Crippen LogP contribution in [0.25, 0.3) is 0 Å². The lowest BCUT2D eigenvalue weighted by atomic mass is 9.79. The van der Waals surface area contributed by atoms with Crippen molar-refractivity contribution in [1.29, 1.82) is 0 Å². The molecule has 0 spiro atoms. The largest absolute Gasteiger partial charge is 0.481 e. The van der Waals surface area contributed by atoms with Gasteiger partial charge in [0, 0.05) is 7.05 Å². The first-order valence-corrected chi connectivity index (χ1v) is 7.11. The predicted molar refractivity (Wildman–Crippen MR) is 74.4 cm³/mol. The standard InChI is InChI=1S/C13H21N5O3/c1-18-9-15-17-10(18)8-14-12(21)16-13(7-11(19)20)5-3-2-4-6-13/h9H,2-8H2,1H3,(H,19,20)(H2,14,16,21). The molecule has 1 aromatic heterocycles. The number of aryl methyl sites for hydroxylation is 1. The number of amides is 2. The van der Waals surface area contributed by atoms with Crippen molar-refractivity contribution in [2.45, 2.75) is 50.6 Å². The summed E-state index contributed by atoms with van der Waals surface area (Å²) in [5.41, 5.74) is -0.631. The number of nitrogens with one attached hydrogen (secondary N) is 2. The Morgan fingerprint density at radius 3 is 2.67 bits per heavy atom. The fourth-order valence-electron chi connectivity index (χ4n) is 2.78. The van der Waals surface area contributed by atoms with Crippen LogP contribution in [-0.2, 0) is 18.4 Å². The second kappa shape index (κ2) is 6.55. The molecule has 1 saturated carbocycles. The Kier molecular flexibility index (Phi) is 4.77. The molecular weight excluding hydrogens is 274 g/mol. The maximum Gasteiger partial charge on any atom is 0.315 e. The van der Waals surface area contributed by atoms with E-state index < -0.39 is 11.5 Å². The molecule has 0 aromatic carbocycles. The van der Waals surface area contributed by atoms with E-state index in [2.05, 4.69) is 20.8 Å². The van der Waals surface area contributed by atoms with Gasteiger partial charge in [-0.1, -0.05) is 19.3 Å². The van der Waals surface area contributed by atoms with E-state index in [0.29, 0.717) is 18.7 Å². The van der Waals surface area contributed by atoms with Gasteiger partial charge in [-0.05, 0) is 12.8 Å². The van der Waals surface area contributed by atoms with Crippen molar-refractivity contribution in [1.82, 2.24) is 25.4 Å². The molecule has 2 amide bonds. The third-order valence-corrected chi connectivity index (χ3v) is 3.89. The van der Waals surface area contributed by atoms with Crippen molar-refractivity contribution in [2.24, 2.45) is 7.05 Å². The van der Waals surface area contributed by atoms with E-state index in [4.69, 9.17) is 5.11 Å². The smallest absolute Gasteiger partial charge is 0.315 e. The van der Waals surface area contributed by atoms with E-state index in [-0.39, 0.29) is 19.0 Å². The highest BCUT2D eigenvalue weighted by atomic mass is 16.4. The quantitative estimate of drug-likeness (QED) is 0.744. The first kappa shape index (κ1) is 15.3. The number of aliphatic carboxylic acids is 1. The number of hydrogen-bond acceptors (Lipinski definition) is 4. The molecule has 0 saturated heterocycles. The number of aromatic nitrogens is 3. The van der Waals surface area contributed by atoms with E-state index in [0.717, 1.165) is 19.3 Å². The van der Waals surface area contributed by atoms with Crippen LogP contribution in [0.1, 0.15) is 44.3 Å². The van der Waals surface area contributed by atoms with Gasteiger partial charge in [0.2, 0.25) is 0 Å². The average molecular weight is 295 g/mol. The molecule has 1 fully saturated rings. The molecule has 116 valence electrons. The Hall–Kier alpha value is -2.12. The molecule has 1 aromatic rings. The minimum atomic E-state index is -0.884. The number of rotatable bonds is 5. The van der Waals surface area contributed by atoms with Gasteiger partial charge in [0.15, 0.2) is 5.82 Å². The minimum Gasteiger partial charge on any atom is -0.481 e. The lowest BCUT2D eigenvalue weighted by Crippen LogP contribution is -2.54. The normalized spacial score (nSPS) is 17.2. The van der Waals surface area contributed by atoms with Crippen LogP contribution in [0.5, 0.6) is 0 Å². The number of hydrogen-bond donors (Lipinski definition) is 3. The summed E-state index contributed by atoms with van der Waals surface area (Å²) < 4.78 is 1.72. The zero-order valence-corrected chi connectivity index (χ0v) is 12.1. The molecule has 0 radical (unpaired) electrons. The fourth-order valence-corrected chi connectivity index (χ4v) is 2.78. The van der Waals surface area contributed by atoms with Crippen LogP contribution in [0.4, 0.5) is 4.79 Å². The minimum absolute atomic E-state index is 0.0373. The predicted octanol–water partition coefficient (Wildman–Crippen LogP) is 0.792. The molecule has 8 nitrogen and oxygen atoms in total. The summed E-state index contributed by atoms with van der Waals surface area (Å²) in [4.78, 5) is 23.1. The first-order valence-electron chi connectivity index (χ1n) is 7.11. The second-order valence-electron chi connectivity index (χ2n) is 5.58. The monoisotopic (exact) mass is 295 g/mol. The van der Waals surface area contributed by atoms with Crippen molar-refractivity contribution in [2.75, 3.05) is 0 Å². The van der Waals surface area contributed by atoms with E-state index >= 15 is 0 Å². The first-order chi connectivity index (χ1) is 10.0. The van der Waals surface area contributed by atoms with Gasteiger partial charge in [0.25, 0.3) is 0 Å². The van der Waals surface area contributed by atoms with E-state index in [9.17, 15) is 9.59 Å². The fraction of sp³-hybridized carbons (Fsp3) is 0.692. The molecule has 0 unspecified atom stereocenters. The zero-order valence-electron chi connectivity index (χ0n) is 12.1. The number of nitrogens with zero attached hydrogens (tertiary/aromatic N) is 3. The molecule has 1 heterocycles. The van der Waals surface area contributed by atoms with E-state index in [1.165, 1.54) is 0 Å². The Morgan fingerprint density at radius 1 is 1.38 bits per heavy atom. The summed E-state index contributed by atoms with van der Waals surface area (Å²) in [7, 11) is 1.79. The lowest BCUT2D eigenvalue weighted by molar-refractivity contribution is -0.139. The van der Waals surface area contributed by atoms with E-state index in [1.54, 1.807) is 17.9 Å². The van der Waals surface area contributed by atoms with E-state index in [1.807, 2.05) is 0 Å². The summed E-state index contributed by atoms with van der Waals surface area (Å²) >= 11 is 0. The van der Waals surface area contributed by atoms with Gasteiger partial charge in [-0.2, -0.15) is 0 Å². The lowest BCUT2D eigenvalue weighted by Gasteiger charge is -2.36. The molecule has 0 aliphatic heterocycles. The molecule has 8 heteroatoms. The molecular formula is C13H21N5O3. The molecule has 3 N–H and O–H groups in total. The molecule has 2 rings (SSSR count).